The average Bonchev–Trinajstić information content (AvgIpc) is 3.16. The zero-order valence-electron chi connectivity index (χ0n) is 15.2. The van der Waals surface area contributed by atoms with Crippen molar-refractivity contribution in [1.29, 1.82) is 0 Å². The summed E-state index contributed by atoms with van der Waals surface area (Å²) < 4.78 is 5.48. The van der Waals surface area contributed by atoms with E-state index in [1.807, 2.05) is 60.3 Å². The number of nitrogens with one attached hydrogen (secondary N) is 1. The third-order valence-electron chi connectivity index (χ3n) is 4.70. The average molecular weight is 377 g/mol. The van der Waals surface area contributed by atoms with Crippen molar-refractivity contribution in [3.63, 3.8) is 0 Å². The zero-order chi connectivity index (χ0) is 18.5. The number of hydrogen-bond acceptors (Lipinski definition) is 4. The SMILES string of the molecule is CN(C)C(CNC(=O)N1CCN(c2ccccc2Cl)CC1)c1ccco1. The fourth-order valence-corrected chi connectivity index (χ4v) is 3.43. The number of piperazine rings is 1. The molecular formula is C19H25ClN4O2. The number of benzene rings is 1. The van der Waals surface area contributed by atoms with Crippen LogP contribution in [0.25, 0.3) is 0 Å². The summed E-state index contributed by atoms with van der Waals surface area (Å²) in [6, 6.07) is 11.6. The van der Waals surface area contributed by atoms with E-state index >= 15 is 0 Å². The Kier molecular flexibility index (Phi) is 6.06. The van der Waals surface area contributed by atoms with E-state index in [-0.39, 0.29) is 12.1 Å². The first-order valence-corrected chi connectivity index (χ1v) is 9.16. The van der Waals surface area contributed by atoms with Crippen molar-refractivity contribution in [2.24, 2.45) is 0 Å². The molecule has 1 N–H and O–H groups in total. The summed E-state index contributed by atoms with van der Waals surface area (Å²) >= 11 is 6.27. The molecule has 0 bridgehead atoms. The van der Waals surface area contributed by atoms with E-state index in [1.54, 1.807) is 6.26 Å². The van der Waals surface area contributed by atoms with Crippen molar-refractivity contribution in [1.82, 2.24) is 15.1 Å². The standard InChI is InChI=1S/C19H25ClN4O2/c1-22(2)17(18-8-5-13-26-18)14-21-19(25)24-11-9-23(10-12-24)16-7-4-3-6-15(16)20/h3-8,13,17H,9-12,14H2,1-2H3,(H,21,25). The second kappa shape index (κ2) is 8.47. The van der Waals surface area contributed by atoms with Crippen molar-refractivity contribution in [2.75, 3.05) is 51.7 Å². The van der Waals surface area contributed by atoms with Crippen molar-refractivity contribution in [2.45, 2.75) is 6.04 Å². The van der Waals surface area contributed by atoms with Gasteiger partial charge in [-0.2, -0.15) is 0 Å². The molecule has 1 aliphatic rings. The van der Waals surface area contributed by atoms with E-state index < -0.39 is 0 Å². The van der Waals surface area contributed by atoms with Crippen LogP contribution in [-0.2, 0) is 0 Å². The molecule has 1 atom stereocenters. The summed E-state index contributed by atoms with van der Waals surface area (Å²) in [5.41, 5.74) is 1.03. The number of carbonyl (C=O) groups is 1. The van der Waals surface area contributed by atoms with E-state index in [1.165, 1.54) is 0 Å². The molecule has 26 heavy (non-hydrogen) atoms. The molecule has 2 aromatic rings. The first kappa shape index (κ1) is 18.6. The van der Waals surface area contributed by atoms with Gasteiger partial charge in [0.2, 0.25) is 0 Å². The zero-order valence-corrected chi connectivity index (χ0v) is 15.9. The van der Waals surface area contributed by atoms with E-state index in [9.17, 15) is 4.79 Å². The van der Waals surface area contributed by atoms with Gasteiger partial charge in [0, 0.05) is 32.7 Å². The molecule has 2 amide bonds. The minimum absolute atomic E-state index is 0.0124. The van der Waals surface area contributed by atoms with Gasteiger partial charge in [0.15, 0.2) is 0 Å². The minimum atomic E-state index is -0.0396. The Labute approximate surface area is 159 Å². The van der Waals surface area contributed by atoms with Gasteiger partial charge in [-0.05, 0) is 38.4 Å². The molecule has 140 valence electrons. The number of likely N-dealkylation sites (N-methyl/N-ethyl adjacent to an activating group) is 1. The Morgan fingerprint density at radius 2 is 1.92 bits per heavy atom. The van der Waals surface area contributed by atoms with Gasteiger partial charge < -0.3 is 19.5 Å². The number of rotatable bonds is 5. The molecule has 1 unspecified atom stereocenters. The van der Waals surface area contributed by atoms with Crippen molar-refractivity contribution in [3.8, 4) is 0 Å². The molecule has 3 rings (SSSR count). The predicted molar refractivity (Wildman–Crippen MR) is 104 cm³/mol. The second-order valence-corrected chi connectivity index (χ2v) is 7.01. The van der Waals surface area contributed by atoms with Gasteiger partial charge in [0.1, 0.15) is 5.76 Å². The fourth-order valence-electron chi connectivity index (χ4n) is 3.17. The van der Waals surface area contributed by atoms with Crippen LogP contribution in [0.15, 0.2) is 47.1 Å². The monoisotopic (exact) mass is 376 g/mol. The number of hydrogen-bond donors (Lipinski definition) is 1. The van der Waals surface area contributed by atoms with Crippen LogP contribution in [-0.4, -0.2) is 62.7 Å². The molecular weight excluding hydrogens is 352 g/mol. The maximum absolute atomic E-state index is 12.5. The molecule has 1 aliphatic heterocycles. The molecule has 1 saturated heterocycles. The first-order chi connectivity index (χ1) is 12.6. The number of nitrogens with zero attached hydrogens (tertiary/aromatic N) is 3. The Bertz CT molecular complexity index is 712. The quantitative estimate of drug-likeness (QED) is 0.871. The third kappa shape index (κ3) is 4.31. The number of para-hydroxylation sites is 1. The van der Waals surface area contributed by atoms with Gasteiger partial charge in [0.05, 0.1) is 23.0 Å². The van der Waals surface area contributed by atoms with E-state index in [4.69, 9.17) is 16.0 Å². The molecule has 0 spiro atoms. The Morgan fingerprint density at radius 3 is 2.54 bits per heavy atom. The van der Waals surface area contributed by atoms with Crippen LogP contribution in [0.1, 0.15) is 11.8 Å². The highest BCUT2D eigenvalue weighted by Crippen LogP contribution is 2.26. The lowest BCUT2D eigenvalue weighted by Crippen LogP contribution is -2.52. The van der Waals surface area contributed by atoms with Crippen molar-refractivity contribution >= 4 is 23.3 Å². The number of urea groups is 1. The van der Waals surface area contributed by atoms with Crippen LogP contribution in [0.5, 0.6) is 0 Å². The largest absolute Gasteiger partial charge is 0.468 e. The van der Waals surface area contributed by atoms with Gasteiger partial charge >= 0.3 is 6.03 Å². The number of furan rings is 1. The third-order valence-corrected chi connectivity index (χ3v) is 5.02. The number of amides is 2. The lowest BCUT2D eigenvalue weighted by molar-refractivity contribution is 0.186. The molecule has 6 nitrogen and oxygen atoms in total. The summed E-state index contributed by atoms with van der Waals surface area (Å²) in [5, 5.41) is 3.78. The highest BCUT2D eigenvalue weighted by atomic mass is 35.5. The van der Waals surface area contributed by atoms with E-state index in [2.05, 4.69) is 10.2 Å². The number of halogens is 1. The predicted octanol–water partition coefficient (Wildman–Crippen LogP) is 3.07. The number of anilines is 1. The van der Waals surface area contributed by atoms with Gasteiger partial charge in [-0.1, -0.05) is 23.7 Å². The van der Waals surface area contributed by atoms with Crippen LogP contribution in [0.3, 0.4) is 0 Å². The lowest BCUT2D eigenvalue weighted by Gasteiger charge is -2.36. The van der Waals surface area contributed by atoms with E-state index in [0.717, 1.165) is 29.6 Å². The lowest BCUT2D eigenvalue weighted by atomic mass is 10.2. The second-order valence-electron chi connectivity index (χ2n) is 6.61. The van der Waals surface area contributed by atoms with Crippen LogP contribution < -0.4 is 10.2 Å². The molecule has 7 heteroatoms. The van der Waals surface area contributed by atoms with Gasteiger partial charge in [0.25, 0.3) is 0 Å². The maximum atomic E-state index is 12.5. The molecule has 0 radical (unpaired) electrons. The first-order valence-electron chi connectivity index (χ1n) is 8.78. The van der Waals surface area contributed by atoms with Crippen molar-refractivity contribution in [3.05, 3.63) is 53.4 Å². The summed E-state index contributed by atoms with van der Waals surface area (Å²) in [5.74, 6) is 0.846. The molecule has 0 saturated carbocycles. The van der Waals surface area contributed by atoms with Crippen LogP contribution in [0.4, 0.5) is 10.5 Å². The van der Waals surface area contributed by atoms with Crippen LogP contribution in [0.2, 0.25) is 5.02 Å². The molecule has 1 fully saturated rings. The summed E-state index contributed by atoms with van der Waals surface area (Å²) in [6.07, 6.45) is 1.65. The molecule has 1 aromatic heterocycles. The smallest absolute Gasteiger partial charge is 0.317 e. The normalized spacial score (nSPS) is 16.0. The topological polar surface area (TPSA) is 52.0 Å². The van der Waals surface area contributed by atoms with Gasteiger partial charge in [-0.15, -0.1) is 0 Å². The molecule has 2 heterocycles. The van der Waals surface area contributed by atoms with Crippen molar-refractivity contribution < 1.29 is 9.21 Å². The van der Waals surface area contributed by atoms with Gasteiger partial charge in [-0.3, -0.25) is 4.90 Å². The van der Waals surface area contributed by atoms with Gasteiger partial charge in [-0.25, -0.2) is 4.79 Å². The summed E-state index contributed by atoms with van der Waals surface area (Å²) in [4.78, 5) is 18.6. The van der Waals surface area contributed by atoms with Crippen LogP contribution in [0, 0.1) is 0 Å². The Hall–Kier alpha value is -2.18. The highest BCUT2D eigenvalue weighted by molar-refractivity contribution is 6.33. The molecule has 0 aliphatic carbocycles. The minimum Gasteiger partial charge on any atom is -0.468 e. The highest BCUT2D eigenvalue weighted by Gasteiger charge is 2.24. The fraction of sp³-hybridized carbons (Fsp3) is 0.421. The molecule has 1 aromatic carbocycles. The summed E-state index contributed by atoms with van der Waals surface area (Å²) in [6.45, 7) is 3.39. The Morgan fingerprint density at radius 1 is 1.19 bits per heavy atom. The summed E-state index contributed by atoms with van der Waals surface area (Å²) in [7, 11) is 3.95. The number of carbonyl (C=O) groups excluding carboxylic acids is 1. The maximum Gasteiger partial charge on any atom is 0.317 e. The Balaban J connectivity index is 1.51. The van der Waals surface area contributed by atoms with Crippen LogP contribution >= 0.6 is 11.6 Å². The van der Waals surface area contributed by atoms with E-state index in [0.29, 0.717) is 19.6 Å².